The Bertz CT molecular complexity index is 1290. The lowest BCUT2D eigenvalue weighted by Gasteiger charge is -2.26. The first-order chi connectivity index (χ1) is 16.6. The molecule has 1 aromatic carbocycles. The number of hydrogen-bond acceptors (Lipinski definition) is 9. The second-order valence-electron chi connectivity index (χ2n) is 7.88. The number of carbonyl (C=O) groups excluding carboxylic acids is 2. The minimum Gasteiger partial charge on any atom is -0.425 e. The highest BCUT2D eigenvalue weighted by atomic mass is 31.2. The number of rotatable bonds is 12. The molecule has 0 aliphatic carbocycles. The zero-order chi connectivity index (χ0) is 25.6. The van der Waals surface area contributed by atoms with Gasteiger partial charge in [-0.2, -0.15) is 4.98 Å². The summed E-state index contributed by atoms with van der Waals surface area (Å²) in [6.07, 6.45) is 1.10. The summed E-state index contributed by atoms with van der Waals surface area (Å²) in [6, 6.07) is 6.77. The SMILES string of the molecule is CC(=O)[C@@H](C)NP(=O)(COCCn1cnc2c(=O)[nH]c(N)nc21)N[C@H](C)C(=O)Oc1ccccc1. The molecule has 2 aromatic heterocycles. The number of fused-ring (bicyclic) bond motifs is 1. The summed E-state index contributed by atoms with van der Waals surface area (Å²) in [5, 5.41) is 5.49. The number of ether oxygens (including phenoxy) is 2. The largest absolute Gasteiger partial charge is 0.425 e. The predicted octanol–water partition coefficient (Wildman–Crippen LogP) is 1.02. The molecular formula is C21H28N7O6P. The van der Waals surface area contributed by atoms with Gasteiger partial charge in [-0.15, -0.1) is 0 Å². The van der Waals surface area contributed by atoms with Crippen LogP contribution in [0.2, 0.25) is 0 Å². The van der Waals surface area contributed by atoms with Crippen LogP contribution in [-0.4, -0.2) is 56.3 Å². The van der Waals surface area contributed by atoms with E-state index in [-0.39, 0.29) is 42.4 Å². The van der Waals surface area contributed by atoms with E-state index in [1.165, 1.54) is 20.2 Å². The van der Waals surface area contributed by atoms with Crippen molar-refractivity contribution in [2.45, 2.75) is 39.4 Å². The van der Waals surface area contributed by atoms with Crippen LogP contribution in [0.25, 0.3) is 11.2 Å². The molecule has 35 heavy (non-hydrogen) atoms. The number of nitrogens with one attached hydrogen (secondary N) is 3. The van der Waals surface area contributed by atoms with Crippen molar-refractivity contribution in [1.82, 2.24) is 29.7 Å². The molecule has 2 heterocycles. The van der Waals surface area contributed by atoms with Gasteiger partial charge in [0.1, 0.15) is 23.9 Å². The van der Waals surface area contributed by atoms with Crippen molar-refractivity contribution in [3.8, 4) is 5.75 Å². The summed E-state index contributed by atoms with van der Waals surface area (Å²) in [7, 11) is -3.57. The summed E-state index contributed by atoms with van der Waals surface area (Å²) in [5.41, 5.74) is 5.56. The lowest BCUT2D eigenvalue weighted by atomic mass is 10.3. The topological polar surface area (TPSA) is 183 Å². The molecular weight excluding hydrogens is 477 g/mol. The number of H-pyrrole nitrogens is 1. The molecule has 1 unspecified atom stereocenters. The lowest BCUT2D eigenvalue weighted by Crippen LogP contribution is -2.42. The fourth-order valence-electron chi connectivity index (χ4n) is 3.06. The van der Waals surface area contributed by atoms with Crippen molar-refractivity contribution >= 4 is 36.3 Å². The number of aromatic amines is 1. The first-order valence-electron chi connectivity index (χ1n) is 10.8. The van der Waals surface area contributed by atoms with Gasteiger partial charge in [-0.1, -0.05) is 18.2 Å². The highest BCUT2D eigenvalue weighted by molar-refractivity contribution is 7.59. The Morgan fingerprint density at radius 2 is 1.89 bits per heavy atom. The van der Waals surface area contributed by atoms with Gasteiger partial charge in [0.05, 0.1) is 19.0 Å². The standard InChI is InChI=1S/C21H28N7O6P/c1-13(15(3)29)26-35(32,27-14(2)20(31)34-16-7-5-4-6-8-16)12-33-10-9-28-11-23-17-18(28)24-21(22)25-19(17)30/h4-8,11,13-14H,9-10,12H2,1-3H3,(H2,26,27,32)(H3,22,24,25,30)/t13-,14-,35?/m1/s1. The first kappa shape index (κ1) is 26.2. The van der Waals surface area contributed by atoms with Crippen molar-refractivity contribution in [2.24, 2.45) is 0 Å². The normalized spacial score (nSPS) is 14.8. The summed E-state index contributed by atoms with van der Waals surface area (Å²) >= 11 is 0. The molecule has 188 valence electrons. The van der Waals surface area contributed by atoms with Crippen molar-refractivity contribution in [2.75, 3.05) is 18.7 Å². The summed E-state index contributed by atoms with van der Waals surface area (Å²) in [4.78, 5) is 46.6. The summed E-state index contributed by atoms with van der Waals surface area (Å²) < 4.78 is 26.0. The number of ketones is 1. The van der Waals surface area contributed by atoms with E-state index in [2.05, 4.69) is 25.1 Å². The van der Waals surface area contributed by atoms with Crippen LogP contribution in [0, 0.1) is 0 Å². The third-order valence-corrected chi connectivity index (χ3v) is 7.13. The number of carbonyl (C=O) groups is 2. The van der Waals surface area contributed by atoms with Crippen LogP contribution in [0.4, 0.5) is 5.95 Å². The number of hydrogen-bond donors (Lipinski definition) is 4. The van der Waals surface area contributed by atoms with Crippen LogP contribution in [0.15, 0.2) is 41.5 Å². The zero-order valence-corrected chi connectivity index (χ0v) is 20.5. The molecule has 14 heteroatoms. The summed E-state index contributed by atoms with van der Waals surface area (Å²) in [5.74, 6) is -0.571. The number of nitrogens with zero attached hydrogens (tertiary/aromatic N) is 3. The molecule has 3 rings (SSSR count). The Kier molecular flexibility index (Phi) is 8.52. The molecule has 0 spiro atoms. The monoisotopic (exact) mass is 505 g/mol. The van der Waals surface area contributed by atoms with E-state index in [4.69, 9.17) is 15.2 Å². The number of imidazole rings is 1. The average Bonchev–Trinajstić information content (AvgIpc) is 3.20. The fraction of sp³-hybridized carbons (Fsp3) is 0.381. The smallest absolute Gasteiger partial charge is 0.328 e. The second-order valence-corrected chi connectivity index (χ2v) is 10.1. The molecule has 0 fully saturated rings. The number of esters is 1. The number of aromatic nitrogens is 4. The van der Waals surface area contributed by atoms with Gasteiger partial charge in [0.15, 0.2) is 11.2 Å². The third kappa shape index (κ3) is 7.06. The van der Waals surface area contributed by atoms with Gasteiger partial charge < -0.3 is 19.8 Å². The van der Waals surface area contributed by atoms with Gasteiger partial charge in [0.2, 0.25) is 13.4 Å². The maximum Gasteiger partial charge on any atom is 0.328 e. The van der Waals surface area contributed by atoms with Crippen LogP contribution in [0.1, 0.15) is 20.8 Å². The minimum absolute atomic E-state index is 0.0438. The summed E-state index contributed by atoms with van der Waals surface area (Å²) in [6.45, 7) is 4.74. The van der Waals surface area contributed by atoms with E-state index < -0.39 is 31.1 Å². The van der Waals surface area contributed by atoms with E-state index >= 15 is 0 Å². The fourth-order valence-corrected chi connectivity index (χ4v) is 5.21. The number of benzene rings is 1. The molecule has 0 aliphatic heterocycles. The molecule has 13 nitrogen and oxygen atoms in total. The second kappa shape index (κ2) is 11.4. The quantitative estimate of drug-likeness (QED) is 0.119. The molecule has 0 radical (unpaired) electrons. The van der Waals surface area contributed by atoms with E-state index in [0.717, 1.165) is 0 Å². The van der Waals surface area contributed by atoms with Crippen LogP contribution in [-0.2, 0) is 25.4 Å². The van der Waals surface area contributed by atoms with Crippen LogP contribution in [0.5, 0.6) is 5.75 Å². The number of Topliss-reactive ketones (excluding diaryl/α,β-unsaturated/α-hetero) is 1. The minimum atomic E-state index is -3.57. The molecule has 0 saturated carbocycles. The third-order valence-electron chi connectivity index (χ3n) is 4.97. The van der Waals surface area contributed by atoms with E-state index in [9.17, 15) is 18.9 Å². The van der Waals surface area contributed by atoms with Gasteiger partial charge >= 0.3 is 5.97 Å². The highest BCUT2D eigenvalue weighted by Crippen LogP contribution is 2.37. The van der Waals surface area contributed by atoms with E-state index in [0.29, 0.717) is 5.75 Å². The van der Waals surface area contributed by atoms with E-state index in [1.807, 2.05) is 0 Å². The zero-order valence-electron chi connectivity index (χ0n) is 19.6. The number of nitrogens with two attached hydrogens (primary N) is 1. The average molecular weight is 505 g/mol. The molecule has 0 aliphatic rings. The van der Waals surface area contributed by atoms with Gasteiger partial charge in [0, 0.05) is 6.54 Å². The number of para-hydroxylation sites is 1. The number of anilines is 1. The van der Waals surface area contributed by atoms with Crippen LogP contribution in [0.3, 0.4) is 0 Å². The molecule has 0 saturated heterocycles. The van der Waals surface area contributed by atoms with Gasteiger partial charge in [0.25, 0.3) is 5.56 Å². The Morgan fingerprint density at radius 1 is 1.20 bits per heavy atom. The Hall–Kier alpha value is -3.38. The van der Waals surface area contributed by atoms with Gasteiger partial charge in [-0.3, -0.25) is 19.1 Å². The van der Waals surface area contributed by atoms with Crippen LogP contribution < -0.4 is 26.2 Å². The Labute approximate surface area is 200 Å². The first-order valence-corrected chi connectivity index (χ1v) is 12.7. The maximum absolute atomic E-state index is 13.6. The van der Waals surface area contributed by atoms with Gasteiger partial charge in [-0.25, -0.2) is 20.0 Å². The molecule has 3 aromatic rings. The lowest BCUT2D eigenvalue weighted by molar-refractivity contribution is -0.135. The highest BCUT2D eigenvalue weighted by Gasteiger charge is 2.31. The van der Waals surface area contributed by atoms with E-state index in [1.54, 1.807) is 41.8 Å². The molecule has 5 N–H and O–H groups in total. The molecule has 0 amide bonds. The van der Waals surface area contributed by atoms with Crippen LogP contribution >= 0.6 is 7.44 Å². The van der Waals surface area contributed by atoms with Crippen molar-refractivity contribution in [3.63, 3.8) is 0 Å². The Balaban J connectivity index is 1.64. The van der Waals surface area contributed by atoms with Crippen molar-refractivity contribution in [1.29, 1.82) is 0 Å². The number of nitrogen functional groups attached to an aromatic ring is 1. The molecule has 3 atom stereocenters. The van der Waals surface area contributed by atoms with Crippen molar-refractivity contribution < 1.29 is 23.6 Å². The predicted molar refractivity (Wildman–Crippen MR) is 129 cm³/mol. The van der Waals surface area contributed by atoms with Gasteiger partial charge in [-0.05, 0) is 32.9 Å². The maximum atomic E-state index is 13.6. The van der Waals surface area contributed by atoms with Crippen molar-refractivity contribution in [3.05, 3.63) is 47.0 Å². The Morgan fingerprint density at radius 3 is 2.57 bits per heavy atom. The molecule has 0 bridgehead atoms.